The summed E-state index contributed by atoms with van der Waals surface area (Å²) in [7, 11) is 0. The predicted octanol–water partition coefficient (Wildman–Crippen LogP) is 2.70. The van der Waals surface area contributed by atoms with Crippen molar-refractivity contribution >= 4 is 5.82 Å². The van der Waals surface area contributed by atoms with Gasteiger partial charge in [-0.2, -0.15) is 0 Å². The van der Waals surface area contributed by atoms with E-state index in [1.54, 1.807) is 0 Å². The summed E-state index contributed by atoms with van der Waals surface area (Å²) in [4.78, 5) is 19.5. The van der Waals surface area contributed by atoms with Crippen molar-refractivity contribution in [1.82, 2.24) is 19.9 Å². The summed E-state index contributed by atoms with van der Waals surface area (Å²) in [5.41, 5.74) is 3.52. The molecule has 2 aromatic rings. The van der Waals surface area contributed by atoms with Gasteiger partial charge in [0.15, 0.2) is 5.82 Å². The van der Waals surface area contributed by atoms with Crippen LogP contribution in [0.5, 0.6) is 0 Å². The number of hydrogen-bond donors (Lipinski definition) is 0. The summed E-state index contributed by atoms with van der Waals surface area (Å²) in [5.74, 6) is 1.98. The zero-order valence-corrected chi connectivity index (χ0v) is 14.7. The first kappa shape index (κ1) is 15.3. The predicted molar refractivity (Wildman–Crippen MR) is 98.7 cm³/mol. The number of nitrogens with zero attached hydrogens (tertiary/aromatic N) is 5. The van der Waals surface area contributed by atoms with Crippen LogP contribution in [0.1, 0.15) is 36.9 Å². The van der Waals surface area contributed by atoms with Crippen molar-refractivity contribution in [2.75, 3.05) is 31.1 Å². The van der Waals surface area contributed by atoms with Crippen LogP contribution >= 0.6 is 0 Å². The second kappa shape index (κ2) is 6.37. The number of aryl methyl sites for hydroxylation is 1. The van der Waals surface area contributed by atoms with E-state index in [0.29, 0.717) is 6.04 Å². The van der Waals surface area contributed by atoms with Crippen LogP contribution in [0, 0.1) is 0 Å². The topological polar surface area (TPSA) is 45.2 Å². The quantitative estimate of drug-likeness (QED) is 0.863. The zero-order valence-electron chi connectivity index (χ0n) is 14.7. The van der Waals surface area contributed by atoms with Crippen LogP contribution in [0.25, 0.3) is 11.5 Å². The zero-order chi connectivity index (χ0) is 16.6. The van der Waals surface area contributed by atoms with Crippen LogP contribution < -0.4 is 4.90 Å². The van der Waals surface area contributed by atoms with Gasteiger partial charge < -0.3 is 4.90 Å². The Morgan fingerprint density at radius 3 is 2.72 bits per heavy atom. The first-order chi connectivity index (χ1) is 12.4. The molecule has 0 spiro atoms. The lowest BCUT2D eigenvalue weighted by atomic mass is 10.2. The van der Waals surface area contributed by atoms with Gasteiger partial charge in [-0.25, -0.2) is 9.97 Å². The number of fused-ring (bicyclic) bond motifs is 1. The van der Waals surface area contributed by atoms with Gasteiger partial charge in [0.1, 0.15) is 11.5 Å². The summed E-state index contributed by atoms with van der Waals surface area (Å²) in [6, 6.07) is 6.67. The molecule has 25 heavy (non-hydrogen) atoms. The Bertz CT molecular complexity index is 754. The van der Waals surface area contributed by atoms with Gasteiger partial charge >= 0.3 is 0 Å². The lowest BCUT2D eigenvalue weighted by Crippen LogP contribution is -2.35. The first-order valence-electron chi connectivity index (χ1n) is 9.69. The Morgan fingerprint density at radius 1 is 0.960 bits per heavy atom. The number of likely N-dealkylation sites (tertiary alicyclic amines) is 1. The molecule has 4 heterocycles. The van der Waals surface area contributed by atoms with Crippen molar-refractivity contribution in [2.45, 2.75) is 44.6 Å². The lowest BCUT2D eigenvalue weighted by molar-refractivity contribution is 0.260. The van der Waals surface area contributed by atoms with Gasteiger partial charge in [0.05, 0.1) is 0 Å². The average Bonchev–Trinajstić information content (AvgIpc) is 3.41. The molecule has 0 aromatic carbocycles. The summed E-state index contributed by atoms with van der Waals surface area (Å²) in [6.07, 6.45) is 9.22. The monoisotopic (exact) mass is 335 g/mol. The normalized spacial score (nSPS) is 23.4. The third-order valence-electron chi connectivity index (χ3n) is 5.93. The highest BCUT2D eigenvalue weighted by Gasteiger charge is 2.32. The fourth-order valence-corrected chi connectivity index (χ4v) is 4.62. The minimum absolute atomic E-state index is 0.702. The Kier molecular flexibility index (Phi) is 3.89. The Balaban J connectivity index is 1.47. The second-order valence-electron chi connectivity index (χ2n) is 7.50. The molecule has 2 aliphatic heterocycles. The molecular formula is C20H25N5. The molecule has 2 aromatic heterocycles. The Labute approximate surface area is 149 Å². The smallest absolute Gasteiger partial charge is 0.180 e. The molecule has 2 saturated heterocycles. The highest BCUT2D eigenvalue weighted by atomic mass is 15.3. The summed E-state index contributed by atoms with van der Waals surface area (Å²) >= 11 is 0. The highest BCUT2D eigenvalue weighted by Crippen LogP contribution is 2.33. The minimum atomic E-state index is 0.702. The maximum absolute atomic E-state index is 4.99. The molecule has 0 saturated carbocycles. The number of pyridine rings is 1. The van der Waals surface area contributed by atoms with Gasteiger partial charge in [-0.1, -0.05) is 6.07 Å². The van der Waals surface area contributed by atoms with Gasteiger partial charge in [0.2, 0.25) is 0 Å². The Hall–Kier alpha value is -2.01. The number of rotatable bonds is 3. The molecular weight excluding hydrogens is 310 g/mol. The van der Waals surface area contributed by atoms with Crippen molar-refractivity contribution < 1.29 is 0 Å². The van der Waals surface area contributed by atoms with Gasteiger partial charge in [-0.15, -0.1) is 0 Å². The van der Waals surface area contributed by atoms with Crippen LogP contribution in [0.2, 0.25) is 0 Å². The molecule has 0 amide bonds. The molecule has 2 fully saturated rings. The van der Waals surface area contributed by atoms with Gasteiger partial charge in [-0.3, -0.25) is 9.88 Å². The van der Waals surface area contributed by atoms with Gasteiger partial charge in [0.25, 0.3) is 0 Å². The maximum Gasteiger partial charge on any atom is 0.180 e. The third kappa shape index (κ3) is 2.80. The summed E-state index contributed by atoms with van der Waals surface area (Å²) in [5, 5.41) is 0. The van der Waals surface area contributed by atoms with E-state index in [4.69, 9.17) is 9.97 Å². The van der Waals surface area contributed by atoms with Crippen molar-refractivity contribution in [3.8, 4) is 11.5 Å². The number of aromatic nitrogens is 3. The molecule has 5 nitrogen and oxygen atoms in total. The Morgan fingerprint density at radius 2 is 1.88 bits per heavy atom. The van der Waals surface area contributed by atoms with Crippen LogP contribution in [-0.2, 0) is 12.8 Å². The van der Waals surface area contributed by atoms with Crippen molar-refractivity contribution in [2.24, 2.45) is 0 Å². The van der Waals surface area contributed by atoms with E-state index >= 15 is 0 Å². The van der Waals surface area contributed by atoms with Gasteiger partial charge in [0, 0.05) is 36.6 Å². The standard InChI is InChI=1S/C20H25N5/c1-2-10-21-18(7-1)19-22-17-8-5-6-16(17)20(23-19)25-13-9-15(14-25)24-11-3-4-12-24/h1-2,7,10,15H,3-6,8-9,11-14H2/t15-/m0/s1. The van der Waals surface area contributed by atoms with Crippen LogP contribution in [0.15, 0.2) is 24.4 Å². The van der Waals surface area contributed by atoms with Gasteiger partial charge in [-0.05, 0) is 63.7 Å². The molecule has 0 unspecified atom stereocenters. The molecule has 1 aliphatic carbocycles. The van der Waals surface area contributed by atoms with E-state index in [2.05, 4.69) is 14.8 Å². The number of anilines is 1. The van der Waals surface area contributed by atoms with E-state index < -0.39 is 0 Å². The van der Waals surface area contributed by atoms with Crippen LogP contribution in [0.4, 0.5) is 5.82 Å². The third-order valence-corrected chi connectivity index (χ3v) is 5.93. The van der Waals surface area contributed by atoms with Crippen molar-refractivity contribution in [3.05, 3.63) is 35.7 Å². The molecule has 0 N–H and O–H groups in total. The fraction of sp³-hybridized carbons (Fsp3) is 0.550. The van der Waals surface area contributed by atoms with E-state index in [9.17, 15) is 0 Å². The molecule has 130 valence electrons. The van der Waals surface area contributed by atoms with Crippen molar-refractivity contribution in [3.63, 3.8) is 0 Å². The summed E-state index contributed by atoms with van der Waals surface area (Å²) < 4.78 is 0. The SMILES string of the molecule is c1ccc(-c2nc3c(c(N4CC[C@H](N5CCCC5)C4)n2)CCC3)nc1. The van der Waals surface area contributed by atoms with E-state index in [1.807, 2.05) is 24.4 Å². The molecule has 0 radical (unpaired) electrons. The van der Waals surface area contributed by atoms with Crippen LogP contribution in [0.3, 0.4) is 0 Å². The summed E-state index contributed by atoms with van der Waals surface area (Å²) in [6.45, 7) is 4.79. The first-order valence-corrected chi connectivity index (χ1v) is 9.69. The molecule has 3 aliphatic rings. The van der Waals surface area contributed by atoms with Crippen LogP contribution in [-0.4, -0.2) is 52.1 Å². The minimum Gasteiger partial charge on any atom is -0.355 e. The average molecular weight is 335 g/mol. The maximum atomic E-state index is 4.99. The number of hydrogen-bond acceptors (Lipinski definition) is 5. The molecule has 5 heteroatoms. The molecule has 5 rings (SSSR count). The lowest BCUT2D eigenvalue weighted by Gasteiger charge is -2.25. The second-order valence-corrected chi connectivity index (χ2v) is 7.50. The van der Waals surface area contributed by atoms with Crippen molar-refractivity contribution in [1.29, 1.82) is 0 Å². The largest absolute Gasteiger partial charge is 0.355 e. The van der Waals surface area contributed by atoms with E-state index in [0.717, 1.165) is 37.4 Å². The molecule has 0 bridgehead atoms. The van der Waals surface area contributed by atoms with E-state index in [1.165, 1.54) is 55.8 Å². The fourth-order valence-electron chi connectivity index (χ4n) is 4.62. The highest BCUT2D eigenvalue weighted by molar-refractivity contribution is 5.59. The molecule has 1 atom stereocenters. The van der Waals surface area contributed by atoms with E-state index in [-0.39, 0.29) is 0 Å².